The maximum Gasteiger partial charge on any atom is 0.224 e. The second-order valence-corrected chi connectivity index (χ2v) is 2.27. The first-order valence-corrected chi connectivity index (χ1v) is 3.40. The van der Waals surface area contributed by atoms with E-state index in [2.05, 4.69) is 16.7 Å². The van der Waals surface area contributed by atoms with Crippen molar-refractivity contribution in [2.45, 2.75) is 6.54 Å². The van der Waals surface area contributed by atoms with Crippen molar-refractivity contribution in [3.8, 4) is 0 Å². The summed E-state index contributed by atoms with van der Waals surface area (Å²) in [4.78, 5) is 0. The molecular formula is C6H8INS. The Bertz CT molecular complexity index is 160. The van der Waals surface area contributed by atoms with Gasteiger partial charge in [-0.1, -0.05) is 17.9 Å². The summed E-state index contributed by atoms with van der Waals surface area (Å²) < 4.78 is 2.08. The fourth-order valence-corrected chi connectivity index (χ4v) is 1.12. The number of hydrogen-bond donors (Lipinski definition) is 0. The molecule has 0 spiro atoms. The topological polar surface area (TPSA) is 3.88 Å². The van der Waals surface area contributed by atoms with Gasteiger partial charge >= 0.3 is 0 Å². The second-order valence-electron chi connectivity index (χ2n) is 1.51. The number of aromatic nitrogens is 1. The van der Waals surface area contributed by atoms with Crippen LogP contribution >= 0.6 is 11.3 Å². The number of halogens is 1. The second kappa shape index (κ2) is 4.93. The first-order chi connectivity index (χ1) is 3.93. The molecule has 0 fully saturated rings. The zero-order chi connectivity index (χ0) is 5.82. The summed E-state index contributed by atoms with van der Waals surface area (Å²) in [6.45, 7) is 4.54. The fraction of sp³-hybridized carbons (Fsp3) is 0.167. The standard InChI is InChI=1S/C6H8NS.HI/c1-2-3-7-4-5-8-6-7;/h2,4-6H,1,3H2;1H/q+1;/p-1. The Morgan fingerprint density at radius 2 is 2.44 bits per heavy atom. The van der Waals surface area contributed by atoms with Crippen LogP contribution in [-0.4, -0.2) is 0 Å². The summed E-state index contributed by atoms with van der Waals surface area (Å²) in [7, 11) is 0. The van der Waals surface area contributed by atoms with E-state index in [0.29, 0.717) is 0 Å². The molecule has 1 nitrogen and oxygen atoms in total. The first kappa shape index (κ1) is 9.10. The maximum atomic E-state index is 3.62. The van der Waals surface area contributed by atoms with Gasteiger partial charge in [0, 0.05) is 0 Å². The zero-order valence-electron chi connectivity index (χ0n) is 4.96. The van der Waals surface area contributed by atoms with Gasteiger partial charge in [-0.15, -0.1) is 0 Å². The van der Waals surface area contributed by atoms with Crippen LogP contribution in [0.5, 0.6) is 0 Å². The summed E-state index contributed by atoms with van der Waals surface area (Å²) in [6.07, 6.45) is 3.92. The summed E-state index contributed by atoms with van der Waals surface area (Å²) in [5.41, 5.74) is 2.06. The molecule has 0 N–H and O–H groups in total. The molecule has 0 bridgehead atoms. The molecule has 0 aliphatic heterocycles. The number of thiazole rings is 1. The summed E-state index contributed by atoms with van der Waals surface area (Å²) >= 11 is 1.69. The molecule has 3 heteroatoms. The van der Waals surface area contributed by atoms with Gasteiger partial charge in [0.25, 0.3) is 0 Å². The lowest BCUT2D eigenvalue weighted by Gasteiger charge is -1.77. The molecule has 0 aromatic carbocycles. The van der Waals surface area contributed by atoms with Crippen LogP contribution in [0.4, 0.5) is 0 Å². The van der Waals surface area contributed by atoms with Crippen LogP contribution in [0.2, 0.25) is 0 Å². The highest BCUT2D eigenvalue weighted by Crippen LogP contribution is 1.86. The van der Waals surface area contributed by atoms with Crippen molar-refractivity contribution in [1.82, 2.24) is 0 Å². The minimum Gasteiger partial charge on any atom is -1.00 e. The van der Waals surface area contributed by atoms with E-state index in [1.165, 1.54) is 0 Å². The normalized spacial score (nSPS) is 8.00. The van der Waals surface area contributed by atoms with Gasteiger partial charge in [0.15, 0.2) is 12.7 Å². The van der Waals surface area contributed by atoms with Gasteiger partial charge in [-0.05, 0) is 6.08 Å². The SMILES string of the molecule is C=CC[n+]1ccsc1.[I-]. The van der Waals surface area contributed by atoms with E-state index < -0.39 is 0 Å². The Morgan fingerprint density at radius 1 is 1.67 bits per heavy atom. The highest BCUT2D eigenvalue weighted by atomic mass is 127. The highest BCUT2D eigenvalue weighted by molar-refractivity contribution is 7.07. The fourth-order valence-electron chi connectivity index (χ4n) is 0.515. The molecule has 0 aliphatic carbocycles. The van der Waals surface area contributed by atoms with E-state index in [1.54, 1.807) is 11.3 Å². The van der Waals surface area contributed by atoms with E-state index >= 15 is 0 Å². The predicted octanol–water partition coefficient (Wildman–Crippen LogP) is -1.77. The summed E-state index contributed by atoms with van der Waals surface area (Å²) in [5.74, 6) is 0. The zero-order valence-corrected chi connectivity index (χ0v) is 7.93. The van der Waals surface area contributed by atoms with Crippen molar-refractivity contribution in [1.29, 1.82) is 0 Å². The minimum atomic E-state index is 0. The molecule has 0 amide bonds. The summed E-state index contributed by atoms with van der Waals surface area (Å²) in [6, 6.07) is 0. The quantitative estimate of drug-likeness (QED) is 0.333. The van der Waals surface area contributed by atoms with Gasteiger partial charge in [-0.3, -0.25) is 0 Å². The van der Waals surface area contributed by atoms with Crippen molar-refractivity contribution in [3.05, 3.63) is 29.7 Å². The van der Waals surface area contributed by atoms with Gasteiger partial charge in [0.05, 0.1) is 5.38 Å². The third-order valence-corrected chi connectivity index (χ3v) is 1.54. The Balaban J connectivity index is 0.000000640. The molecule has 1 heterocycles. The molecular weight excluding hydrogens is 245 g/mol. The molecule has 0 unspecified atom stereocenters. The third kappa shape index (κ3) is 2.95. The Labute approximate surface area is 76.1 Å². The van der Waals surface area contributed by atoms with Crippen molar-refractivity contribution in [2.75, 3.05) is 0 Å². The largest absolute Gasteiger partial charge is 1.00 e. The van der Waals surface area contributed by atoms with E-state index in [4.69, 9.17) is 0 Å². The smallest absolute Gasteiger partial charge is 0.224 e. The molecule has 0 saturated heterocycles. The molecule has 1 aromatic rings. The van der Waals surface area contributed by atoms with Crippen molar-refractivity contribution < 1.29 is 28.5 Å². The first-order valence-electron chi connectivity index (χ1n) is 2.45. The Hall–Kier alpha value is 0.1000. The van der Waals surface area contributed by atoms with Crippen LogP contribution in [0.25, 0.3) is 0 Å². The van der Waals surface area contributed by atoms with Gasteiger partial charge in [-0.25, -0.2) is 0 Å². The maximum absolute atomic E-state index is 3.62. The lowest BCUT2D eigenvalue weighted by molar-refractivity contribution is -0.682. The Kier molecular flexibility index (Phi) is 4.99. The third-order valence-electron chi connectivity index (χ3n) is 0.867. The van der Waals surface area contributed by atoms with Crippen LogP contribution < -0.4 is 28.5 Å². The van der Waals surface area contributed by atoms with E-state index in [0.717, 1.165) is 6.54 Å². The van der Waals surface area contributed by atoms with Gasteiger partial charge in [-0.2, -0.15) is 4.57 Å². The van der Waals surface area contributed by atoms with Crippen LogP contribution in [0.1, 0.15) is 0 Å². The molecule has 9 heavy (non-hydrogen) atoms. The van der Waals surface area contributed by atoms with E-state index in [1.807, 2.05) is 17.7 Å². The monoisotopic (exact) mass is 253 g/mol. The van der Waals surface area contributed by atoms with Crippen molar-refractivity contribution in [3.63, 3.8) is 0 Å². The molecule has 1 rings (SSSR count). The average molecular weight is 253 g/mol. The number of allylic oxidation sites excluding steroid dienone is 1. The molecule has 0 aliphatic rings. The van der Waals surface area contributed by atoms with Crippen LogP contribution in [0.3, 0.4) is 0 Å². The lowest BCUT2D eigenvalue weighted by atomic mass is 10.6. The molecule has 0 radical (unpaired) electrons. The average Bonchev–Trinajstić information content (AvgIpc) is 2.19. The van der Waals surface area contributed by atoms with Crippen molar-refractivity contribution >= 4 is 11.3 Å². The number of nitrogens with zero attached hydrogens (tertiary/aromatic N) is 1. The molecule has 0 saturated carbocycles. The molecule has 50 valence electrons. The van der Waals surface area contributed by atoms with Gasteiger partial charge < -0.3 is 24.0 Å². The summed E-state index contributed by atoms with van der Waals surface area (Å²) in [5, 5.41) is 2.05. The van der Waals surface area contributed by atoms with E-state index in [-0.39, 0.29) is 24.0 Å². The predicted molar refractivity (Wildman–Crippen MR) is 34.7 cm³/mol. The van der Waals surface area contributed by atoms with Gasteiger partial charge in [0.1, 0.15) is 0 Å². The molecule has 1 aromatic heterocycles. The van der Waals surface area contributed by atoms with Crippen LogP contribution in [-0.2, 0) is 6.54 Å². The Morgan fingerprint density at radius 3 is 2.89 bits per heavy atom. The van der Waals surface area contributed by atoms with Crippen molar-refractivity contribution in [2.24, 2.45) is 0 Å². The molecule has 0 atom stereocenters. The number of hydrogen-bond acceptors (Lipinski definition) is 1. The van der Waals surface area contributed by atoms with E-state index in [9.17, 15) is 0 Å². The van der Waals surface area contributed by atoms with Crippen LogP contribution in [0.15, 0.2) is 29.7 Å². The van der Waals surface area contributed by atoms with Crippen LogP contribution in [0, 0.1) is 0 Å². The lowest BCUT2D eigenvalue weighted by Crippen LogP contribution is -3.00. The number of rotatable bonds is 2. The minimum absolute atomic E-state index is 0. The van der Waals surface area contributed by atoms with Gasteiger partial charge in [0.2, 0.25) is 5.51 Å². The highest BCUT2D eigenvalue weighted by Gasteiger charge is 1.91.